The van der Waals surface area contributed by atoms with Crippen LogP contribution in [0.25, 0.3) is 11.1 Å². The van der Waals surface area contributed by atoms with E-state index in [1.165, 1.54) is 10.4 Å². The molecule has 0 aromatic carbocycles. The fraction of sp³-hybridized carbons (Fsp3) is 0.250. The van der Waals surface area contributed by atoms with Gasteiger partial charge in [0.1, 0.15) is 0 Å². The Morgan fingerprint density at radius 2 is 2.25 bits per heavy atom. The van der Waals surface area contributed by atoms with Crippen molar-refractivity contribution >= 4 is 11.3 Å². The molecule has 0 aliphatic carbocycles. The SMILES string of the molecule is CNCc1cc(-c2ccc(OC)nc2)cs1. The molecule has 2 rings (SSSR count). The highest BCUT2D eigenvalue weighted by Gasteiger charge is 2.02. The van der Waals surface area contributed by atoms with Crippen LogP contribution in [0.3, 0.4) is 0 Å². The van der Waals surface area contributed by atoms with Gasteiger partial charge in [-0.25, -0.2) is 4.98 Å². The maximum Gasteiger partial charge on any atom is 0.212 e. The summed E-state index contributed by atoms with van der Waals surface area (Å²) in [5, 5.41) is 5.29. The molecule has 2 aromatic rings. The van der Waals surface area contributed by atoms with E-state index < -0.39 is 0 Å². The first-order valence-electron chi connectivity index (χ1n) is 5.06. The predicted octanol–water partition coefficient (Wildman–Crippen LogP) is 2.54. The van der Waals surface area contributed by atoms with E-state index in [-0.39, 0.29) is 0 Å². The lowest BCUT2D eigenvalue weighted by Crippen LogP contribution is -2.02. The average molecular weight is 234 g/mol. The highest BCUT2D eigenvalue weighted by Crippen LogP contribution is 2.25. The lowest BCUT2D eigenvalue weighted by Gasteiger charge is -1.99. The quantitative estimate of drug-likeness (QED) is 0.882. The number of ether oxygens (including phenoxy) is 1. The number of methoxy groups -OCH3 is 1. The molecule has 0 radical (unpaired) electrons. The maximum atomic E-state index is 5.03. The van der Waals surface area contributed by atoms with Crippen LogP contribution in [0.1, 0.15) is 4.88 Å². The highest BCUT2D eigenvalue weighted by atomic mass is 32.1. The van der Waals surface area contributed by atoms with Gasteiger partial charge >= 0.3 is 0 Å². The molecule has 0 amide bonds. The minimum Gasteiger partial charge on any atom is -0.481 e. The minimum atomic E-state index is 0.648. The Morgan fingerprint density at radius 3 is 2.88 bits per heavy atom. The van der Waals surface area contributed by atoms with E-state index >= 15 is 0 Å². The van der Waals surface area contributed by atoms with Crippen LogP contribution in [0, 0.1) is 0 Å². The van der Waals surface area contributed by atoms with Gasteiger partial charge in [0.15, 0.2) is 0 Å². The molecule has 0 saturated carbocycles. The Kier molecular flexibility index (Phi) is 3.54. The van der Waals surface area contributed by atoms with Crippen LogP contribution in [0.15, 0.2) is 29.8 Å². The summed E-state index contributed by atoms with van der Waals surface area (Å²) in [5.41, 5.74) is 2.34. The van der Waals surface area contributed by atoms with Gasteiger partial charge in [0.25, 0.3) is 0 Å². The highest BCUT2D eigenvalue weighted by molar-refractivity contribution is 7.10. The number of thiophene rings is 1. The number of nitrogens with one attached hydrogen (secondary N) is 1. The molecule has 0 fully saturated rings. The van der Waals surface area contributed by atoms with Crippen molar-refractivity contribution in [2.75, 3.05) is 14.2 Å². The molecule has 2 aromatic heterocycles. The number of nitrogens with zero attached hydrogens (tertiary/aromatic N) is 1. The van der Waals surface area contributed by atoms with E-state index in [0.29, 0.717) is 5.88 Å². The van der Waals surface area contributed by atoms with Crippen LogP contribution < -0.4 is 10.1 Å². The molecular formula is C12H14N2OS. The molecule has 0 saturated heterocycles. The van der Waals surface area contributed by atoms with Gasteiger partial charge in [-0.15, -0.1) is 11.3 Å². The second kappa shape index (κ2) is 5.09. The van der Waals surface area contributed by atoms with E-state index in [0.717, 1.165) is 12.1 Å². The fourth-order valence-electron chi connectivity index (χ4n) is 1.47. The van der Waals surface area contributed by atoms with Crippen molar-refractivity contribution in [3.8, 4) is 17.0 Å². The standard InChI is InChI=1S/C12H14N2OS/c1-13-7-11-5-10(8-16-11)9-3-4-12(15-2)14-6-9/h3-6,8,13H,7H2,1-2H3. The summed E-state index contributed by atoms with van der Waals surface area (Å²) in [7, 11) is 3.58. The summed E-state index contributed by atoms with van der Waals surface area (Å²) in [6.07, 6.45) is 1.84. The van der Waals surface area contributed by atoms with Crippen molar-refractivity contribution in [1.82, 2.24) is 10.3 Å². The summed E-state index contributed by atoms with van der Waals surface area (Å²) in [5.74, 6) is 0.648. The molecule has 3 nitrogen and oxygen atoms in total. The molecule has 0 bridgehead atoms. The Bertz CT molecular complexity index is 450. The Hall–Kier alpha value is -1.39. The summed E-state index contributed by atoms with van der Waals surface area (Å²) in [6, 6.07) is 6.09. The van der Waals surface area contributed by atoms with Crippen LogP contribution in [0.4, 0.5) is 0 Å². The van der Waals surface area contributed by atoms with Crippen molar-refractivity contribution in [3.05, 3.63) is 34.7 Å². The normalized spacial score (nSPS) is 10.4. The number of hydrogen-bond donors (Lipinski definition) is 1. The topological polar surface area (TPSA) is 34.1 Å². The number of rotatable bonds is 4. The van der Waals surface area contributed by atoms with Crippen molar-refractivity contribution in [3.63, 3.8) is 0 Å². The zero-order valence-corrected chi connectivity index (χ0v) is 10.2. The lowest BCUT2D eigenvalue weighted by atomic mass is 10.1. The van der Waals surface area contributed by atoms with Gasteiger partial charge in [0.2, 0.25) is 5.88 Å². The molecular weight excluding hydrogens is 220 g/mol. The van der Waals surface area contributed by atoms with Gasteiger partial charge in [0, 0.05) is 29.2 Å². The van der Waals surface area contributed by atoms with Crippen LogP contribution in [-0.4, -0.2) is 19.1 Å². The summed E-state index contributed by atoms with van der Waals surface area (Å²) < 4.78 is 5.03. The van der Waals surface area contributed by atoms with E-state index in [1.807, 2.05) is 25.4 Å². The molecule has 0 spiro atoms. The van der Waals surface area contributed by atoms with Crippen molar-refractivity contribution in [2.45, 2.75) is 6.54 Å². The fourth-order valence-corrected chi connectivity index (χ4v) is 2.38. The van der Waals surface area contributed by atoms with E-state index in [4.69, 9.17) is 4.74 Å². The third kappa shape index (κ3) is 2.40. The van der Waals surface area contributed by atoms with Gasteiger partial charge in [-0.2, -0.15) is 0 Å². The summed E-state index contributed by atoms with van der Waals surface area (Å²) in [6.45, 7) is 0.911. The van der Waals surface area contributed by atoms with Crippen molar-refractivity contribution < 1.29 is 4.74 Å². The zero-order chi connectivity index (χ0) is 11.4. The molecule has 0 aliphatic heterocycles. The van der Waals surface area contributed by atoms with E-state index in [1.54, 1.807) is 18.4 Å². The monoisotopic (exact) mass is 234 g/mol. The van der Waals surface area contributed by atoms with Gasteiger partial charge < -0.3 is 10.1 Å². The minimum absolute atomic E-state index is 0.648. The van der Waals surface area contributed by atoms with E-state index in [2.05, 4.69) is 21.7 Å². The molecule has 4 heteroatoms. The first kappa shape index (κ1) is 11.1. The smallest absolute Gasteiger partial charge is 0.212 e. The van der Waals surface area contributed by atoms with Crippen molar-refractivity contribution in [1.29, 1.82) is 0 Å². The summed E-state index contributed by atoms with van der Waals surface area (Å²) in [4.78, 5) is 5.52. The Morgan fingerprint density at radius 1 is 1.38 bits per heavy atom. The number of hydrogen-bond acceptors (Lipinski definition) is 4. The van der Waals surface area contributed by atoms with Crippen LogP contribution in [0.5, 0.6) is 5.88 Å². The Balaban J connectivity index is 2.21. The predicted molar refractivity (Wildman–Crippen MR) is 66.9 cm³/mol. The van der Waals surface area contributed by atoms with Crippen molar-refractivity contribution in [2.24, 2.45) is 0 Å². The zero-order valence-electron chi connectivity index (χ0n) is 9.36. The first-order chi connectivity index (χ1) is 7.83. The number of aromatic nitrogens is 1. The first-order valence-corrected chi connectivity index (χ1v) is 5.94. The molecule has 0 unspecified atom stereocenters. The van der Waals surface area contributed by atoms with Gasteiger partial charge in [-0.05, 0) is 30.1 Å². The maximum absolute atomic E-state index is 5.03. The third-order valence-electron chi connectivity index (χ3n) is 2.28. The second-order valence-electron chi connectivity index (χ2n) is 3.42. The van der Waals surface area contributed by atoms with E-state index in [9.17, 15) is 0 Å². The third-order valence-corrected chi connectivity index (χ3v) is 3.22. The van der Waals surface area contributed by atoms with Crippen LogP contribution >= 0.6 is 11.3 Å². The van der Waals surface area contributed by atoms with Crippen LogP contribution in [-0.2, 0) is 6.54 Å². The molecule has 16 heavy (non-hydrogen) atoms. The summed E-state index contributed by atoms with van der Waals surface area (Å²) >= 11 is 1.76. The molecule has 84 valence electrons. The number of pyridine rings is 1. The van der Waals surface area contributed by atoms with Gasteiger partial charge in [0.05, 0.1) is 7.11 Å². The lowest BCUT2D eigenvalue weighted by molar-refractivity contribution is 0.398. The van der Waals surface area contributed by atoms with Gasteiger partial charge in [-0.3, -0.25) is 0 Å². The molecule has 0 aliphatic rings. The Labute approximate surface area is 99.1 Å². The molecule has 0 atom stereocenters. The average Bonchev–Trinajstić information content (AvgIpc) is 2.78. The largest absolute Gasteiger partial charge is 0.481 e. The molecule has 2 heterocycles. The second-order valence-corrected chi connectivity index (χ2v) is 4.42. The molecule has 1 N–H and O–H groups in total. The van der Waals surface area contributed by atoms with Gasteiger partial charge in [-0.1, -0.05) is 0 Å². The van der Waals surface area contributed by atoms with Crippen LogP contribution in [0.2, 0.25) is 0 Å².